The van der Waals surface area contributed by atoms with Crippen LogP contribution >= 0.6 is 0 Å². The van der Waals surface area contributed by atoms with Gasteiger partial charge in [0.1, 0.15) is 5.75 Å². The number of amides is 1. The molecule has 0 aliphatic carbocycles. The summed E-state index contributed by atoms with van der Waals surface area (Å²) >= 11 is 0. The lowest BCUT2D eigenvalue weighted by Crippen LogP contribution is -2.48. The Hall–Kier alpha value is -2.37. The van der Waals surface area contributed by atoms with E-state index in [1.807, 2.05) is 31.2 Å². The minimum absolute atomic E-state index is 0.0193. The number of rotatable bonds is 7. The maximum Gasteiger partial charge on any atom is 0.223 e. The third-order valence-corrected chi connectivity index (χ3v) is 6.66. The second-order valence-electron chi connectivity index (χ2n) is 8.68. The van der Waals surface area contributed by atoms with Crippen LogP contribution in [0.1, 0.15) is 55.7 Å². The highest BCUT2D eigenvalue weighted by Gasteiger charge is 2.40. The van der Waals surface area contributed by atoms with Crippen molar-refractivity contribution in [3.8, 4) is 5.75 Å². The van der Waals surface area contributed by atoms with Crippen LogP contribution in [0.2, 0.25) is 0 Å². The zero-order valence-corrected chi connectivity index (χ0v) is 18.5. The monoisotopic (exact) mass is 422 g/mol. The average Bonchev–Trinajstić information content (AvgIpc) is 3.17. The number of carbonyl (C=O) groups excluding carboxylic acids is 1. The van der Waals surface area contributed by atoms with Crippen molar-refractivity contribution >= 4 is 5.91 Å². The van der Waals surface area contributed by atoms with Crippen LogP contribution in [0.4, 0.5) is 0 Å². The number of hydrogen-bond acceptors (Lipinski definition) is 4. The Morgan fingerprint density at radius 2 is 1.84 bits per heavy atom. The number of ether oxygens (including phenoxy) is 1. The molecule has 5 nitrogen and oxygen atoms in total. The summed E-state index contributed by atoms with van der Waals surface area (Å²) < 4.78 is 5.63. The van der Waals surface area contributed by atoms with Crippen molar-refractivity contribution in [2.24, 2.45) is 0 Å². The van der Waals surface area contributed by atoms with E-state index < -0.39 is 0 Å². The molecule has 1 amide bonds. The number of carbonyl (C=O) groups is 1. The molecule has 0 saturated carbocycles. The zero-order chi connectivity index (χ0) is 21.6. The Morgan fingerprint density at radius 1 is 1.00 bits per heavy atom. The van der Waals surface area contributed by atoms with Crippen molar-refractivity contribution < 1.29 is 14.6 Å². The first-order chi connectivity index (χ1) is 15.2. The van der Waals surface area contributed by atoms with Crippen molar-refractivity contribution in [1.29, 1.82) is 0 Å². The third-order valence-electron chi connectivity index (χ3n) is 6.66. The number of fused-ring (bicyclic) bond motifs is 1. The predicted molar refractivity (Wildman–Crippen MR) is 122 cm³/mol. The number of hydrogen-bond donors (Lipinski definition) is 1. The summed E-state index contributed by atoms with van der Waals surface area (Å²) in [5, 5.41) is 9.75. The second kappa shape index (κ2) is 10.3. The van der Waals surface area contributed by atoms with Gasteiger partial charge in [-0.15, -0.1) is 0 Å². The van der Waals surface area contributed by atoms with E-state index in [1.165, 1.54) is 11.1 Å². The molecule has 0 unspecified atom stereocenters. The van der Waals surface area contributed by atoms with E-state index in [2.05, 4.69) is 34.1 Å². The molecule has 1 N–H and O–H groups in total. The SMILES string of the molecule is CCOc1ccc(CN2CC[C@H]3[C@H]2CCCCC(=O)N3Cc2ccccc2)cc1CO. The minimum atomic E-state index is -0.0193. The van der Waals surface area contributed by atoms with Gasteiger partial charge in [-0.3, -0.25) is 9.69 Å². The molecule has 2 aromatic rings. The minimum Gasteiger partial charge on any atom is -0.494 e. The van der Waals surface area contributed by atoms with Crippen molar-refractivity contribution in [2.45, 2.75) is 70.8 Å². The van der Waals surface area contributed by atoms with Crippen molar-refractivity contribution in [1.82, 2.24) is 9.80 Å². The normalized spacial score (nSPS) is 22.1. The maximum atomic E-state index is 13.0. The van der Waals surface area contributed by atoms with Crippen LogP contribution in [0.3, 0.4) is 0 Å². The fraction of sp³-hybridized carbons (Fsp3) is 0.500. The summed E-state index contributed by atoms with van der Waals surface area (Å²) in [5.74, 6) is 1.06. The van der Waals surface area contributed by atoms with Crippen molar-refractivity contribution in [3.05, 3.63) is 65.2 Å². The van der Waals surface area contributed by atoms with Gasteiger partial charge in [0.15, 0.2) is 0 Å². The van der Waals surface area contributed by atoms with Gasteiger partial charge in [-0.25, -0.2) is 0 Å². The quantitative estimate of drug-likeness (QED) is 0.729. The Bertz CT molecular complexity index is 870. The van der Waals surface area contributed by atoms with E-state index in [0.29, 0.717) is 31.5 Å². The number of likely N-dealkylation sites (tertiary alicyclic amines) is 2. The van der Waals surface area contributed by atoms with Gasteiger partial charge >= 0.3 is 0 Å². The molecule has 5 heteroatoms. The molecule has 31 heavy (non-hydrogen) atoms. The zero-order valence-electron chi connectivity index (χ0n) is 18.5. The van der Waals surface area contributed by atoms with Crippen LogP contribution < -0.4 is 4.74 Å². The molecule has 2 aliphatic heterocycles. The number of aliphatic hydroxyl groups is 1. The summed E-state index contributed by atoms with van der Waals surface area (Å²) in [4.78, 5) is 17.7. The molecule has 2 saturated heterocycles. The fourth-order valence-corrected chi connectivity index (χ4v) is 5.16. The van der Waals surface area contributed by atoms with Crippen LogP contribution in [-0.4, -0.2) is 46.0 Å². The number of nitrogens with zero attached hydrogens (tertiary/aromatic N) is 2. The van der Waals surface area contributed by atoms with E-state index in [9.17, 15) is 9.90 Å². The molecule has 2 fully saturated rings. The average molecular weight is 423 g/mol. The molecule has 2 heterocycles. The molecule has 0 radical (unpaired) electrons. The summed E-state index contributed by atoms with van der Waals surface area (Å²) in [5.41, 5.74) is 3.23. The van der Waals surface area contributed by atoms with Crippen LogP contribution in [0.15, 0.2) is 48.5 Å². The van der Waals surface area contributed by atoms with E-state index in [4.69, 9.17) is 4.74 Å². The largest absolute Gasteiger partial charge is 0.494 e. The van der Waals surface area contributed by atoms with Gasteiger partial charge in [0.25, 0.3) is 0 Å². The molecular weight excluding hydrogens is 388 g/mol. The number of benzene rings is 2. The Morgan fingerprint density at radius 3 is 2.61 bits per heavy atom. The van der Waals surface area contributed by atoms with E-state index in [0.717, 1.165) is 50.1 Å². The lowest BCUT2D eigenvalue weighted by Gasteiger charge is -2.37. The number of aliphatic hydroxyl groups excluding tert-OH is 1. The van der Waals surface area contributed by atoms with Crippen molar-refractivity contribution in [3.63, 3.8) is 0 Å². The Kier molecular flexibility index (Phi) is 7.25. The van der Waals surface area contributed by atoms with Gasteiger partial charge in [0, 0.05) is 43.7 Å². The lowest BCUT2D eigenvalue weighted by molar-refractivity contribution is -0.135. The first-order valence-electron chi connectivity index (χ1n) is 11.6. The lowest BCUT2D eigenvalue weighted by atomic mass is 9.96. The first kappa shape index (κ1) is 21.8. The van der Waals surface area contributed by atoms with Gasteiger partial charge in [-0.1, -0.05) is 42.8 Å². The molecule has 0 spiro atoms. The van der Waals surface area contributed by atoms with Gasteiger partial charge in [0.2, 0.25) is 5.91 Å². The van der Waals surface area contributed by atoms with Gasteiger partial charge in [-0.2, -0.15) is 0 Å². The van der Waals surface area contributed by atoms with Crippen molar-refractivity contribution in [2.75, 3.05) is 13.2 Å². The Balaban J connectivity index is 1.52. The third kappa shape index (κ3) is 5.10. The summed E-state index contributed by atoms with van der Waals surface area (Å²) in [7, 11) is 0. The molecular formula is C26H34N2O3. The van der Waals surface area contributed by atoms with Gasteiger partial charge < -0.3 is 14.7 Å². The highest BCUT2D eigenvalue weighted by atomic mass is 16.5. The molecule has 2 aliphatic rings. The van der Waals surface area contributed by atoms with Crippen LogP contribution in [-0.2, 0) is 24.5 Å². The van der Waals surface area contributed by atoms with E-state index in [1.54, 1.807) is 0 Å². The molecule has 0 bridgehead atoms. The molecule has 2 atom stereocenters. The molecule has 0 aromatic heterocycles. The van der Waals surface area contributed by atoms with E-state index >= 15 is 0 Å². The smallest absolute Gasteiger partial charge is 0.223 e. The summed E-state index contributed by atoms with van der Waals surface area (Å²) in [6, 6.07) is 17.2. The van der Waals surface area contributed by atoms with Crippen LogP contribution in [0.5, 0.6) is 5.75 Å². The van der Waals surface area contributed by atoms with E-state index in [-0.39, 0.29) is 12.6 Å². The van der Waals surface area contributed by atoms with Crippen LogP contribution in [0, 0.1) is 0 Å². The summed E-state index contributed by atoms with van der Waals surface area (Å²) in [6.45, 7) is 5.06. The van der Waals surface area contributed by atoms with Gasteiger partial charge in [-0.05, 0) is 49.4 Å². The van der Waals surface area contributed by atoms with Crippen LogP contribution in [0.25, 0.3) is 0 Å². The highest BCUT2D eigenvalue weighted by Crippen LogP contribution is 2.33. The summed E-state index contributed by atoms with van der Waals surface area (Å²) in [6.07, 6.45) is 4.89. The molecule has 166 valence electrons. The highest BCUT2D eigenvalue weighted by molar-refractivity contribution is 5.76. The standard InChI is InChI=1S/C26H34N2O3/c1-2-31-25-13-12-21(16-22(25)19-29)17-27-15-14-24-23(27)10-6-7-11-26(30)28(24)18-20-8-4-3-5-9-20/h3-5,8-9,12-13,16,23-24,29H,2,6-7,10-11,14-15,17-19H2,1H3/t23-,24+/m1/s1. The molecule has 2 aromatic carbocycles. The van der Waals surface area contributed by atoms with Gasteiger partial charge in [0.05, 0.1) is 13.2 Å². The predicted octanol–water partition coefficient (Wildman–Crippen LogP) is 4.12. The Labute approximate surface area is 185 Å². The fourth-order valence-electron chi connectivity index (χ4n) is 5.16. The maximum absolute atomic E-state index is 13.0. The first-order valence-corrected chi connectivity index (χ1v) is 11.6. The molecule has 4 rings (SSSR count). The second-order valence-corrected chi connectivity index (χ2v) is 8.68. The topological polar surface area (TPSA) is 53.0 Å².